The first-order valence-corrected chi connectivity index (χ1v) is 11.8. The monoisotopic (exact) mass is 496 g/mol. The van der Waals surface area contributed by atoms with E-state index >= 15 is 0 Å². The summed E-state index contributed by atoms with van der Waals surface area (Å²) in [6.45, 7) is 13.0. The standard InChI is InChI=1S/C28H40N4O4/c1-9-13-19(2)23(31-27(34)36-28(5,6)7)17-16-20(3)24(30-8)25(21(4)29)32-26(33)35-18-22-14-11-10-12-15-22/h10-17H,9,18,29H2,1-8H3,(H,31,34)(H,32,33)/b19-13+,20-16+,23-17+,25-21+,30-24?. The number of benzene rings is 1. The van der Waals surface area contributed by atoms with Gasteiger partial charge in [-0.3, -0.25) is 15.6 Å². The van der Waals surface area contributed by atoms with Gasteiger partial charge >= 0.3 is 12.2 Å². The summed E-state index contributed by atoms with van der Waals surface area (Å²) in [5, 5.41) is 5.52. The molecule has 0 aliphatic rings. The molecule has 0 aromatic heterocycles. The number of amides is 2. The van der Waals surface area contributed by atoms with E-state index in [-0.39, 0.29) is 6.61 Å². The van der Waals surface area contributed by atoms with Crippen LogP contribution in [-0.2, 0) is 16.1 Å². The molecular weight excluding hydrogens is 456 g/mol. The lowest BCUT2D eigenvalue weighted by Gasteiger charge is -2.20. The predicted molar refractivity (Wildman–Crippen MR) is 145 cm³/mol. The first kappa shape index (κ1) is 30.2. The van der Waals surface area contributed by atoms with Crippen molar-refractivity contribution >= 4 is 17.9 Å². The number of nitrogens with two attached hydrogens (primary N) is 1. The van der Waals surface area contributed by atoms with Gasteiger partial charge in [0, 0.05) is 18.4 Å². The Labute approximate surface area is 215 Å². The van der Waals surface area contributed by atoms with E-state index in [2.05, 4.69) is 15.6 Å². The van der Waals surface area contributed by atoms with Crippen molar-refractivity contribution in [3.63, 3.8) is 0 Å². The van der Waals surface area contributed by atoms with E-state index in [4.69, 9.17) is 15.2 Å². The lowest BCUT2D eigenvalue weighted by atomic mass is 10.1. The van der Waals surface area contributed by atoms with Gasteiger partial charge in [0.05, 0.1) is 11.4 Å². The van der Waals surface area contributed by atoms with Gasteiger partial charge in [-0.1, -0.05) is 49.4 Å². The molecule has 0 heterocycles. The van der Waals surface area contributed by atoms with Gasteiger partial charge in [-0.25, -0.2) is 9.59 Å². The van der Waals surface area contributed by atoms with E-state index in [0.717, 1.165) is 17.6 Å². The molecule has 2 amide bonds. The number of hydrogen-bond donors (Lipinski definition) is 3. The van der Waals surface area contributed by atoms with Crippen molar-refractivity contribution in [2.24, 2.45) is 10.7 Å². The molecule has 0 saturated heterocycles. The topological polar surface area (TPSA) is 115 Å². The molecule has 0 atom stereocenters. The summed E-state index contributed by atoms with van der Waals surface area (Å²) in [6, 6.07) is 9.38. The van der Waals surface area contributed by atoms with Gasteiger partial charge in [0.15, 0.2) is 0 Å². The normalized spacial score (nSPS) is 14.1. The zero-order chi connectivity index (χ0) is 27.3. The third kappa shape index (κ3) is 11.1. The minimum Gasteiger partial charge on any atom is -0.444 e. The van der Waals surface area contributed by atoms with Crippen molar-refractivity contribution in [2.45, 2.75) is 67.1 Å². The number of nitrogens with one attached hydrogen (secondary N) is 2. The van der Waals surface area contributed by atoms with Gasteiger partial charge in [-0.15, -0.1) is 0 Å². The number of alkyl carbamates (subject to hydrolysis) is 2. The lowest BCUT2D eigenvalue weighted by molar-refractivity contribution is 0.0547. The Bertz CT molecular complexity index is 1050. The van der Waals surface area contributed by atoms with Gasteiger partial charge in [0.25, 0.3) is 0 Å². The van der Waals surface area contributed by atoms with Gasteiger partial charge in [0.2, 0.25) is 0 Å². The molecule has 0 fully saturated rings. The second kappa shape index (κ2) is 14.6. The van der Waals surface area contributed by atoms with Crippen LogP contribution in [0.3, 0.4) is 0 Å². The number of allylic oxidation sites excluding steroid dienone is 6. The Balaban J connectivity index is 3.12. The number of hydrogen-bond acceptors (Lipinski definition) is 6. The maximum absolute atomic E-state index is 12.5. The minimum absolute atomic E-state index is 0.127. The van der Waals surface area contributed by atoms with Gasteiger partial charge in [-0.2, -0.15) is 0 Å². The van der Waals surface area contributed by atoms with Gasteiger partial charge < -0.3 is 15.2 Å². The van der Waals surface area contributed by atoms with Crippen LogP contribution in [0.4, 0.5) is 9.59 Å². The molecule has 0 radical (unpaired) electrons. The number of rotatable bonds is 9. The Morgan fingerprint density at radius 2 is 1.64 bits per heavy atom. The Morgan fingerprint density at radius 3 is 2.17 bits per heavy atom. The van der Waals surface area contributed by atoms with Crippen LogP contribution in [0.1, 0.15) is 60.5 Å². The highest BCUT2D eigenvalue weighted by Gasteiger charge is 2.18. The van der Waals surface area contributed by atoms with Crippen molar-refractivity contribution in [2.75, 3.05) is 7.05 Å². The molecule has 0 bridgehead atoms. The molecule has 4 N–H and O–H groups in total. The average molecular weight is 497 g/mol. The highest BCUT2D eigenvalue weighted by atomic mass is 16.6. The quantitative estimate of drug-likeness (QED) is 0.291. The van der Waals surface area contributed by atoms with E-state index in [9.17, 15) is 9.59 Å². The maximum atomic E-state index is 12.5. The average Bonchev–Trinajstić information content (AvgIpc) is 2.79. The summed E-state index contributed by atoms with van der Waals surface area (Å²) < 4.78 is 10.7. The number of ether oxygens (including phenoxy) is 2. The predicted octanol–water partition coefficient (Wildman–Crippen LogP) is 5.89. The van der Waals surface area contributed by atoms with Crippen LogP contribution in [0.15, 0.2) is 81.8 Å². The maximum Gasteiger partial charge on any atom is 0.412 e. The third-order valence-corrected chi connectivity index (χ3v) is 4.74. The van der Waals surface area contributed by atoms with E-state index in [1.165, 1.54) is 0 Å². The highest BCUT2D eigenvalue weighted by Crippen LogP contribution is 2.14. The van der Waals surface area contributed by atoms with Crippen molar-refractivity contribution in [3.05, 3.63) is 82.4 Å². The molecule has 0 saturated carbocycles. The summed E-state index contributed by atoms with van der Waals surface area (Å²) in [5.74, 6) is 0. The molecule has 0 aliphatic carbocycles. The largest absolute Gasteiger partial charge is 0.444 e. The van der Waals surface area contributed by atoms with E-state index in [1.807, 2.05) is 57.2 Å². The molecule has 1 rings (SSSR count). The van der Waals surface area contributed by atoms with E-state index in [0.29, 0.717) is 28.4 Å². The number of nitrogens with zero attached hydrogens (tertiary/aromatic N) is 1. The molecule has 1 aromatic carbocycles. The highest BCUT2D eigenvalue weighted by molar-refractivity contribution is 6.13. The Kier molecular flexibility index (Phi) is 12.2. The van der Waals surface area contributed by atoms with Crippen LogP contribution in [0.5, 0.6) is 0 Å². The van der Waals surface area contributed by atoms with Crippen LogP contribution in [-0.4, -0.2) is 30.5 Å². The van der Waals surface area contributed by atoms with Crippen LogP contribution in [0.25, 0.3) is 0 Å². The van der Waals surface area contributed by atoms with Crippen LogP contribution < -0.4 is 16.4 Å². The SMILES string of the molecule is CC/C=C(C)/C(=C\C=C(/C)C(=NC)/C(NC(=O)OCc1ccccc1)=C(/C)N)NC(=O)OC(C)(C)C. The van der Waals surface area contributed by atoms with Crippen molar-refractivity contribution < 1.29 is 19.1 Å². The molecule has 0 aliphatic heterocycles. The Morgan fingerprint density at radius 1 is 1.00 bits per heavy atom. The number of carbonyl (C=O) groups is 2. The zero-order valence-electron chi connectivity index (χ0n) is 22.7. The molecule has 36 heavy (non-hydrogen) atoms. The first-order chi connectivity index (χ1) is 16.9. The van der Waals surface area contributed by atoms with Crippen molar-refractivity contribution in [1.82, 2.24) is 10.6 Å². The fraction of sp³-hybridized carbons (Fsp3) is 0.393. The summed E-state index contributed by atoms with van der Waals surface area (Å²) >= 11 is 0. The first-order valence-electron chi connectivity index (χ1n) is 11.8. The lowest BCUT2D eigenvalue weighted by Crippen LogP contribution is -2.32. The van der Waals surface area contributed by atoms with E-state index in [1.54, 1.807) is 46.9 Å². The molecule has 8 nitrogen and oxygen atoms in total. The third-order valence-electron chi connectivity index (χ3n) is 4.74. The number of carbonyl (C=O) groups excluding carboxylic acids is 2. The molecular formula is C28H40N4O4. The minimum atomic E-state index is -0.642. The fourth-order valence-corrected chi connectivity index (χ4v) is 3.08. The summed E-state index contributed by atoms with van der Waals surface area (Å²) in [7, 11) is 1.61. The van der Waals surface area contributed by atoms with Gasteiger partial charge in [0.1, 0.15) is 12.2 Å². The summed E-state index contributed by atoms with van der Waals surface area (Å²) in [6.07, 6.45) is 5.18. The van der Waals surface area contributed by atoms with Crippen molar-refractivity contribution in [1.29, 1.82) is 0 Å². The van der Waals surface area contributed by atoms with Gasteiger partial charge in [-0.05, 0) is 70.7 Å². The molecule has 0 unspecified atom stereocenters. The summed E-state index contributed by atoms with van der Waals surface area (Å²) in [5.41, 5.74) is 9.72. The second-order valence-corrected chi connectivity index (χ2v) is 9.17. The summed E-state index contributed by atoms with van der Waals surface area (Å²) in [4.78, 5) is 29.2. The number of aliphatic imine (C=N–C) groups is 1. The fourth-order valence-electron chi connectivity index (χ4n) is 3.08. The molecule has 0 spiro atoms. The molecule has 196 valence electrons. The zero-order valence-corrected chi connectivity index (χ0v) is 22.7. The Hall–Kier alpha value is -3.81. The van der Waals surface area contributed by atoms with Crippen LogP contribution in [0, 0.1) is 0 Å². The van der Waals surface area contributed by atoms with E-state index < -0.39 is 17.8 Å². The second-order valence-electron chi connectivity index (χ2n) is 9.17. The molecule has 8 heteroatoms. The van der Waals surface area contributed by atoms with Crippen molar-refractivity contribution in [3.8, 4) is 0 Å². The van der Waals surface area contributed by atoms with Crippen LogP contribution in [0.2, 0.25) is 0 Å². The van der Waals surface area contributed by atoms with Crippen LogP contribution >= 0.6 is 0 Å². The smallest absolute Gasteiger partial charge is 0.412 e. The molecule has 1 aromatic rings.